The van der Waals surface area contributed by atoms with Crippen LogP contribution in [0.25, 0.3) is 11.0 Å². The number of aromatic nitrogens is 3. The third-order valence-electron chi connectivity index (χ3n) is 5.65. The summed E-state index contributed by atoms with van der Waals surface area (Å²) in [5, 5.41) is 11.0. The first kappa shape index (κ1) is 24.8. The Balaban J connectivity index is 1.79. The molecular weight excluding hydrogens is 462 g/mol. The van der Waals surface area contributed by atoms with Crippen molar-refractivity contribution in [3.63, 3.8) is 0 Å². The molecule has 1 atom stereocenters. The number of ketones is 1. The molecule has 0 radical (unpaired) electrons. The number of nitrogens with zero attached hydrogens (tertiary/aromatic N) is 4. The van der Waals surface area contributed by atoms with Gasteiger partial charge < -0.3 is 14.5 Å². The molecule has 2 aromatic heterocycles. The number of methoxy groups -OCH3 is 1. The third-order valence-corrected chi connectivity index (χ3v) is 5.65. The third kappa shape index (κ3) is 5.33. The second-order valence-corrected chi connectivity index (χ2v) is 8.24. The van der Waals surface area contributed by atoms with E-state index in [1.165, 1.54) is 23.6 Å². The predicted octanol–water partition coefficient (Wildman–Crippen LogP) is 3.07. The first-order chi connectivity index (χ1) is 17.4. The first-order valence-corrected chi connectivity index (χ1v) is 11.4. The highest BCUT2D eigenvalue weighted by Gasteiger charge is 2.35. The van der Waals surface area contributed by atoms with Gasteiger partial charge in [-0.3, -0.25) is 19.3 Å². The monoisotopic (exact) mass is 489 g/mol. The highest BCUT2D eigenvalue weighted by molar-refractivity contribution is 6.02. The summed E-state index contributed by atoms with van der Waals surface area (Å²) in [5.74, 6) is -0.181. The molecule has 1 unspecified atom stereocenters. The van der Waals surface area contributed by atoms with Gasteiger partial charge in [-0.1, -0.05) is 29.5 Å². The van der Waals surface area contributed by atoms with Crippen molar-refractivity contribution < 1.29 is 23.5 Å². The summed E-state index contributed by atoms with van der Waals surface area (Å²) in [6.45, 7) is 3.56. The zero-order chi connectivity index (χ0) is 25.7. The number of Topliss-reactive ketones (excluding diaryl/α,β-unsaturated/α-hetero) is 1. The summed E-state index contributed by atoms with van der Waals surface area (Å²) in [5.41, 5.74) is 2.10. The lowest BCUT2D eigenvalue weighted by Gasteiger charge is -2.30. The van der Waals surface area contributed by atoms with E-state index in [2.05, 4.69) is 15.6 Å². The Morgan fingerprint density at radius 2 is 1.92 bits per heavy atom. The van der Waals surface area contributed by atoms with E-state index in [4.69, 9.17) is 9.15 Å². The largest absolute Gasteiger partial charge is 0.464 e. The molecule has 4 rings (SSSR count). The van der Waals surface area contributed by atoms with Gasteiger partial charge in [0.25, 0.3) is 5.91 Å². The normalized spacial score (nSPS) is 11.9. The molecule has 0 aliphatic carbocycles. The fourth-order valence-electron chi connectivity index (χ4n) is 3.90. The second-order valence-electron chi connectivity index (χ2n) is 8.24. The van der Waals surface area contributed by atoms with E-state index in [9.17, 15) is 14.4 Å². The van der Waals surface area contributed by atoms with Crippen molar-refractivity contribution in [1.29, 1.82) is 0 Å². The number of fused-ring (bicyclic) bond motifs is 1. The van der Waals surface area contributed by atoms with E-state index < -0.39 is 17.9 Å². The smallest absolute Gasteiger partial charge is 0.251 e. The van der Waals surface area contributed by atoms with Gasteiger partial charge in [-0.2, -0.15) is 0 Å². The Hall–Kier alpha value is -4.31. The highest BCUT2D eigenvalue weighted by Crippen LogP contribution is 2.30. The molecule has 0 aliphatic rings. The number of nitrogens with one attached hydrogen (secondary N) is 1. The molecule has 2 aromatic carbocycles. The molecule has 4 aromatic rings. The Morgan fingerprint density at radius 3 is 2.64 bits per heavy atom. The van der Waals surface area contributed by atoms with Crippen LogP contribution in [0.1, 0.15) is 34.8 Å². The average molecular weight is 490 g/mol. The molecule has 0 spiro atoms. The van der Waals surface area contributed by atoms with Crippen LogP contribution < -0.4 is 10.2 Å². The highest BCUT2D eigenvalue weighted by atomic mass is 16.5. The number of amides is 2. The van der Waals surface area contributed by atoms with Crippen molar-refractivity contribution in [1.82, 2.24) is 20.3 Å². The topological polar surface area (TPSA) is 120 Å². The maximum atomic E-state index is 13.9. The first-order valence-electron chi connectivity index (χ1n) is 11.4. The van der Waals surface area contributed by atoms with Gasteiger partial charge >= 0.3 is 0 Å². The van der Waals surface area contributed by atoms with E-state index in [1.807, 2.05) is 18.2 Å². The summed E-state index contributed by atoms with van der Waals surface area (Å²) in [6, 6.07) is 16.1. The Morgan fingerprint density at radius 1 is 1.11 bits per heavy atom. The summed E-state index contributed by atoms with van der Waals surface area (Å²) >= 11 is 0. The number of hydrogen-bond donors (Lipinski definition) is 1. The van der Waals surface area contributed by atoms with Crippen LogP contribution in [0.4, 0.5) is 5.69 Å². The van der Waals surface area contributed by atoms with E-state index in [0.29, 0.717) is 34.7 Å². The van der Waals surface area contributed by atoms with Crippen molar-refractivity contribution >= 4 is 34.3 Å². The number of furan rings is 1. The van der Waals surface area contributed by atoms with Crippen LogP contribution in [-0.4, -0.2) is 52.9 Å². The van der Waals surface area contributed by atoms with Gasteiger partial charge in [0, 0.05) is 24.9 Å². The van der Waals surface area contributed by atoms with Gasteiger partial charge in [-0.15, -0.1) is 5.10 Å². The van der Waals surface area contributed by atoms with E-state index in [-0.39, 0.29) is 24.6 Å². The molecule has 0 aliphatic heterocycles. The van der Waals surface area contributed by atoms with Crippen molar-refractivity contribution in [2.24, 2.45) is 0 Å². The fourth-order valence-corrected chi connectivity index (χ4v) is 3.90. The molecule has 186 valence electrons. The summed E-state index contributed by atoms with van der Waals surface area (Å²) < 4.78 is 12.4. The molecule has 2 amide bonds. The van der Waals surface area contributed by atoms with Crippen molar-refractivity contribution in [2.75, 3.05) is 25.2 Å². The quantitative estimate of drug-likeness (QED) is 0.269. The molecule has 0 fully saturated rings. The standard InChI is InChI=1S/C26H27N5O5/c1-17-11-12-23(36-17)25(26(34)27-13-14-35-3)31(20-8-6-7-19(15-20)18(2)32)24(33)16-30-22-10-5-4-9-21(22)28-29-30/h4-12,15,25H,13-14,16H2,1-3H3,(H,27,34). The summed E-state index contributed by atoms with van der Waals surface area (Å²) in [6.07, 6.45) is 0. The predicted molar refractivity (Wildman–Crippen MR) is 133 cm³/mol. The molecule has 0 bridgehead atoms. The number of benzene rings is 2. The summed E-state index contributed by atoms with van der Waals surface area (Å²) in [7, 11) is 1.53. The fraction of sp³-hybridized carbons (Fsp3) is 0.269. The van der Waals surface area contributed by atoms with Gasteiger partial charge in [0.05, 0.1) is 12.1 Å². The molecule has 0 saturated heterocycles. The minimum Gasteiger partial charge on any atom is -0.464 e. The van der Waals surface area contributed by atoms with Crippen molar-refractivity contribution in [2.45, 2.75) is 26.4 Å². The molecule has 2 heterocycles. The van der Waals surface area contributed by atoms with Crippen LogP contribution in [0.2, 0.25) is 0 Å². The van der Waals surface area contributed by atoms with Crippen LogP contribution in [0, 0.1) is 6.92 Å². The number of hydrogen-bond acceptors (Lipinski definition) is 7. The second kappa shape index (κ2) is 11.0. The number of rotatable bonds is 10. The zero-order valence-corrected chi connectivity index (χ0v) is 20.3. The number of aryl methyl sites for hydroxylation is 1. The molecular formula is C26H27N5O5. The Labute approximate surface area is 207 Å². The maximum absolute atomic E-state index is 13.9. The van der Waals surface area contributed by atoms with Crippen LogP contribution in [-0.2, 0) is 20.9 Å². The lowest BCUT2D eigenvalue weighted by Crippen LogP contribution is -2.45. The Bertz CT molecular complexity index is 1390. The SMILES string of the molecule is COCCNC(=O)C(c1ccc(C)o1)N(C(=O)Cn1nnc2ccccc21)c1cccc(C(C)=O)c1. The van der Waals surface area contributed by atoms with Crippen LogP contribution in [0.15, 0.2) is 65.1 Å². The lowest BCUT2D eigenvalue weighted by molar-refractivity contribution is -0.127. The molecule has 10 nitrogen and oxygen atoms in total. The number of para-hydroxylation sites is 1. The number of ether oxygens (including phenoxy) is 1. The number of carbonyl (C=O) groups is 3. The number of anilines is 1. The minimum absolute atomic E-state index is 0.165. The van der Waals surface area contributed by atoms with Crippen molar-refractivity contribution in [3.05, 3.63) is 77.7 Å². The summed E-state index contributed by atoms with van der Waals surface area (Å²) in [4.78, 5) is 40.8. The van der Waals surface area contributed by atoms with Crippen LogP contribution in [0.5, 0.6) is 0 Å². The van der Waals surface area contributed by atoms with Gasteiger partial charge in [0.2, 0.25) is 5.91 Å². The van der Waals surface area contributed by atoms with E-state index >= 15 is 0 Å². The van der Waals surface area contributed by atoms with Gasteiger partial charge in [-0.05, 0) is 50.2 Å². The van der Waals surface area contributed by atoms with E-state index in [0.717, 1.165) is 0 Å². The number of carbonyl (C=O) groups excluding carboxylic acids is 3. The lowest BCUT2D eigenvalue weighted by atomic mass is 10.1. The van der Waals surface area contributed by atoms with Gasteiger partial charge in [-0.25, -0.2) is 4.68 Å². The van der Waals surface area contributed by atoms with E-state index in [1.54, 1.807) is 49.4 Å². The van der Waals surface area contributed by atoms with Crippen LogP contribution in [0.3, 0.4) is 0 Å². The van der Waals surface area contributed by atoms with Crippen molar-refractivity contribution in [3.8, 4) is 0 Å². The molecule has 10 heteroatoms. The van der Waals surface area contributed by atoms with Crippen LogP contribution >= 0.6 is 0 Å². The zero-order valence-electron chi connectivity index (χ0n) is 20.3. The molecule has 0 saturated carbocycles. The molecule has 36 heavy (non-hydrogen) atoms. The van der Waals surface area contributed by atoms with Gasteiger partial charge in [0.15, 0.2) is 11.8 Å². The minimum atomic E-state index is -1.14. The molecule has 1 N–H and O–H groups in total. The maximum Gasteiger partial charge on any atom is 0.251 e. The Kier molecular flexibility index (Phi) is 7.55. The average Bonchev–Trinajstić information content (AvgIpc) is 3.48. The van der Waals surface area contributed by atoms with Gasteiger partial charge in [0.1, 0.15) is 23.6 Å².